The molecule has 0 bridgehead atoms. The molecule has 1 N–H and O–H groups in total. The predicted octanol–water partition coefficient (Wildman–Crippen LogP) is 3.40. The Bertz CT molecular complexity index is 551. The van der Waals surface area contributed by atoms with Gasteiger partial charge in [-0.3, -0.25) is 0 Å². The summed E-state index contributed by atoms with van der Waals surface area (Å²) in [4.78, 5) is 8.90. The summed E-state index contributed by atoms with van der Waals surface area (Å²) in [7, 11) is 0. The van der Waals surface area contributed by atoms with E-state index in [2.05, 4.69) is 45.6 Å². The van der Waals surface area contributed by atoms with Gasteiger partial charge in [-0.1, -0.05) is 36.8 Å². The van der Waals surface area contributed by atoms with Gasteiger partial charge in [0.25, 0.3) is 0 Å². The molecule has 3 heteroatoms. The molecule has 20 heavy (non-hydrogen) atoms. The van der Waals surface area contributed by atoms with Crippen molar-refractivity contribution in [3.05, 3.63) is 53.5 Å². The molecule has 1 aliphatic carbocycles. The van der Waals surface area contributed by atoms with Crippen molar-refractivity contribution < 1.29 is 0 Å². The van der Waals surface area contributed by atoms with Gasteiger partial charge in [0.1, 0.15) is 12.1 Å². The van der Waals surface area contributed by atoms with Crippen molar-refractivity contribution >= 4 is 5.82 Å². The SMILES string of the molecule is c1ccc(CCNc2ncnc3c2CCCCC3)cc1. The average Bonchev–Trinajstić information content (AvgIpc) is 2.74. The predicted molar refractivity (Wildman–Crippen MR) is 81.9 cm³/mol. The number of rotatable bonds is 4. The maximum atomic E-state index is 4.46. The number of nitrogens with one attached hydrogen (secondary N) is 1. The van der Waals surface area contributed by atoms with Gasteiger partial charge >= 0.3 is 0 Å². The summed E-state index contributed by atoms with van der Waals surface area (Å²) in [6, 6.07) is 10.6. The smallest absolute Gasteiger partial charge is 0.132 e. The standard InChI is InChI=1S/C17H21N3/c1-3-7-14(8-4-1)11-12-18-17-15-9-5-2-6-10-16(15)19-13-20-17/h1,3-4,7-8,13H,2,5-6,9-12H2,(H,18,19,20). The van der Waals surface area contributed by atoms with Crippen molar-refractivity contribution in [2.45, 2.75) is 38.5 Å². The van der Waals surface area contributed by atoms with Gasteiger partial charge < -0.3 is 5.32 Å². The Kier molecular flexibility index (Phi) is 4.26. The number of hydrogen-bond acceptors (Lipinski definition) is 3. The number of aromatic nitrogens is 2. The lowest BCUT2D eigenvalue weighted by atomic mass is 10.1. The second-order valence-corrected chi connectivity index (χ2v) is 5.37. The first-order valence-corrected chi connectivity index (χ1v) is 7.54. The van der Waals surface area contributed by atoms with Gasteiger partial charge in [-0.25, -0.2) is 9.97 Å². The van der Waals surface area contributed by atoms with Crippen molar-refractivity contribution in [1.29, 1.82) is 0 Å². The van der Waals surface area contributed by atoms with Crippen LogP contribution in [0.2, 0.25) is 0 Å². The highest BCUT2D eigenvalue weighted by Gasteiger charge is 2.13. The van der Waals surface area contributed by atoms with Gasteiger partial charge in [-0.15, -0.1) is 0 Å². The van der Waals surface area contributed by atoms with Crippen LogP contribution in [0.3, 0.4) is 0 Å². The molecule has 3 nitrogen and oxygen atoms in total. The largest absolute Gasteiger partial charge is 0.369 e. The molecular weight excluding hydrogens is 246 g/mol. The molecule has 104 valence electrons. The molecule has 0 fully saturated rings. The minimum Gasteiger partial charge on any atom is -0.369 e. The molecule has 0 saturated carbocycles. The molecule has 1 heterocycles. The number of anilines is 1. The fourth-order valence-corrected chi connectivity index (χ4v) is 2.82. The Labute approximate surface area is 120 Å². The van der Waals surface area contributed by atoms with Crippen molar-refractivity contribution in [2.24, 2.45) is 0 Å². The van der Waals surface area contributed by atoms with Gasteiger partial charge in [-0.05, 0) is 37.7 Å². The molecule has 1 aromatic heterocycles. The number of fused-ring (bicyclic) bond motifs is 1. The molecule has 0 radical (unpaired) electrons. The van der Waals surface area contributed by atoms with Gasteiger partial charge in [-0.2, -0.15) is 0 Å². The molecule has 0 unspecified atom stereocenters. The molecular formula is C17H21N3. The van der Waals surface area contributed by atoms with E-state index in [1.165, 1.54) is 36.1 Å². The highest BCUT2D eigenvalue weighted by Crippen LogP contribution is 2.23. The third-order valence-electron chi connectivity index (χ3n) is 3.92. The van der Waals surface area contributed by atoms with Crippen molar-refractivity contribution in [2.75, 3.05) is 11.9 Å². The topological polar surface area (TPSA) is 37.8 Å². The van der Waals surface area contributed by atoms with Gasteiger partial charge in [0.05, 0.1) is 0 Å². The van der Waals surface area contributed by atoms with E-state index in [4.69, 9.17) is 0 Å². The summed E-state index contributed by atoms with van der Waals surface area (Å²) in [6.07, 6.45) is 8.77. The van der Waals surface area contributed by atoms with Crippen LogP contribution in [0.4, 0.5) is 5.82 Å². The first kappa shape index (κ1) is 13.1. The van der Waals surface area contributed by atoms with Crippen molar-refractivity contribution in [3.63, 3.8) is 0 Å². The van der Waals surface area contributed by atoms with Crippen LogP contribution >= 0.6 is 0 Å². The van der Waals surface area contributed by atoms with E-state index >= 15 is 0 Å². The van der Waals surface area contributed by atoms with Crippen LogP contribution in [-0.2, 0) is 19.3 Å². The molecule has 0 saturated heterocycles. The minimum absolute atomic E-state index is 0.924. The number of benzene rings is 1. The molecule has 0 aliphatic heterocycles. The van der Waals surface area contributed by atoms with Crippen LogP contribution in [0.1, 0.15) is 36.1 Å². The average molecular weight is 267 g/mol. The maximum Gasteiger partial charge on any atom is 0.132 e. The molecule has 0 atom stereocenters. The zero-order valence-electron chi connectivity index (χ0n) is 11.8. The summed E-state index contributed by atoms with van der Waals surface area (Å²) >= 11 is 0. The van der Waals surface area contributed by atoms with Crippen LogP contribution in [0.5, 0.6) is 0 Å². The lowest BCUT2D eigenvalue weighted by molar-refractivity contribution is 0.708. The summed E-state index contributed by atoms with van der Waals surface area (Å²) in [5.41, 5.74) is 3.96. The second-order valence-electron chi connectivity index (χ2n) is 5.37. The van der Waals surface area contributed by atoms with E-state index in [0.29, 0.717) is 0 Å². The summed E-state index contributed by atoms with van der Waals surface area (Å²) in [5, 5.41) is 3.50. The first-order valence-electron chi connectivity index (χ1n) is 7.54. The van der Waals surface area contributed by atoms with E-state index in [9.17, 15) is 0 Å². The van der Waals surface area contributed by atoms with Crippen molar-refractivity contribution in [3.8, 4) is 0 Å². The first-order chi connectivity index (χ1) is 9.93. The normalized spacial score (nSPS) is 14.4. The van der Waals surface area contributed by atoms with Crippen LogP contribution in [0, 0.1) is 0 Å². The zero-order valence-corrected chi connectivity index (χ0v) is 11.8. The summed E-state index contributed by atoms with van der Waals surface area (Å²) in [6.45, 7) is 0.924. The van der Waals surface area contributed by atoms with Gasteiger partial charge in [0, 0.05) is 17.8 Å². The van der Waals surface area contributed by atoms with Crippen LogP contribution < -0.4 is 5.32 Å². The Hall–Kier alpha value is -1.90. The van der Waals surface area contributed by atoms with Gasteiger partial charge in [0.15, 0.2) is 0 Å². The fraction of sp³-hybridized carbons (Fsp3) is 0.412. The van der Waals surface area contributed by atoms with Crippen LogP contribution in [0.25, 0.3) is 0 Å². The Morgan fingerprint density at radius 3 is 2.70 bits per heavy atom. The van der Waals surface area contributed by atoms with E-state index in [-0.39, 0.29) is 0 Å². The molecule has 0 spiro atoms. The highest BCUT2D eigenvalue weighted by atomic mass is 15.0. The second kappa shape index (κ2) is 6.51. The van der Waals surface area contributed by atoms with Gasteiger partial charge in [0.2, 0.25) is 0 Å². The van der Waals surface area contributed by atoms with E-state index < -0.39 is 0 Å². The third kappa shape index (κ3) is 3.16. The van der Waals surface area contributed by atoms with Crippen molar-refractivity contribution in [1.82, 2.24) is 9.97 Å². The Balaban J connectivity index is 1.66. The van der Waals surface area contributed by atoms with E-state index in [1.54, 1.807) is 6.33 Å². The Morgan fingerprint density at radius 1 is 0.950 bits per heavy atom. The van der Waals surface area contributed by atoms with Crippen LogP contribution in [-0.4, -0.2) is 16.5 Å². The number of aryl methyl sites for hydroxylation is 1. The molecule has 0 amide bonds. The zero-order chi connectivity index (χ0) is 13.6. The highest BCUT2D eigenvalue weighted by molar-refractivity contribution is 5.46. The summed E-state index contributed by atoms with van der Waals surface area (Å²) < 4.78 is 0. The molecule has 1 aromatic carbocycles. The van der Waals surface area contributed by atoms with Crippen LogP contribution in [0.15, 0.2) is 36.7 Å². The number of hydrogen-bond donors (Lipinski definition) is 1. The van der Waals surface area contributed by atoms with E-state index in [0.717, 1.165) is 31.6 Å². The number of nitrogens with zero attached hydrogens (tertiary/aromatic N) is 2. The lowest BCUT2D eigenvalue weighted by Gasteiger charge is -2.12. The quantitative estimate of drug-likeness (QED) is 0.863. The van der Waals surface area contributed by atoms with E-state index in [1.807, 2.05) is 0 Å². The fourth-order valence-electron chi connectivity index (χ4n) is 2.82. The maximum absolute atomic E-state index is 4.46. The minimum atomic E-state index is 0.924. The molecule has 3 rings (SSSR count). The molecule has 2 aromatic rings. The monoisotopic (exact) mass is 267 g/mol. The molecule has 1 aliphatic rings. The Morgan fingerprint density at radius 2 is 1.80 bits per heavy atom. The summed E-state index contributed by atoms with van der Waals surface area (Å²) in [5.74, 6) is 1.05. The lowest BCUT2D eigenvalue weighted by Crippen LogP contribution is -2.10. The third-order valence-corrected chi connectivity index (χ3v) is 3.92.